The Bertz CT molecular complexity index is 112. The quantitative estimate of drug-likeness (QED) is 0.593. The van der Waals surface area contributed by atoms with Crippen LogP contribution in [0.25, 0.3) is 0 Å². The number of Topliss-reactive ketones (excluding diaryl/α,β-unsaturated/α-hetero) is 1. The van der Waals surface area contributed by atoms with E-state index in [0.717, 1.165) is 19.4 Å². The monoisotopic (exact) mass is 157 g/mol. The van der Waals surface area contributed by atoms with E-state index in [-0.39, 0.29) is 5.92 Å². The average molecular weight is 157 g/mol. The minimum absolute atomic E-state index is 0.256. The number of hydrogen-bond acceptors (Lipinski definition) is 2. The lowest BCUT2D eigenvalue weighted by molar-refractivity contribution is -0.120. The molecule has 0 rings (SSSR count). The van der Waals surface area contributed by atoms with Crippen LogP contribution in [-0.4, -0.2) is 19.4 Å². The van der Waals surface area contributed by atoms with E-state index in [2.05, 4.69) is 5.32 Å². The molecule has 0 fully saturated rings. The van der Waals surface area contributed by atoms with Gasteiger partial charge in [0.1, 0.15) is 5.78 Å². The van der Waals surface area contributed by atoms with Gasteiger partial charge in [-0.05, 0) is 33.4 Å². The molecule has 0 aromatic rings. The highest BCUT2D eigenvalue weighted by Gasteiger charge is 2.05. The van der Waals surface area contributed by atoms with E-state index in [9.17, 15) is 4.79 Å². The first-order valence-electron chi connectivity index (χ1n) is 4.33. The van der Waals surface area contributed by atoms with Crippen molar-refractivity contribution in [2.75, 3.05) is 13.6 Å². The summed E-state index contributed by atoms with van der Waals surface area (Å²) in [5, 5.41) is 3.09. The van der Waals surface area contributed by atoms with Gasteiger partial charge in [0.15, 0.2) is 0 Å². The van der Waals surface area contributed by atoms with Crippen LogP contribution >= 0.6 is 0 Å². The maximum Gasteiger partial charge on any atom is 0.132 e. The van der Waals surface area contributed by atoms with Crippen LogP contribution < -0.4 is 5.32 Å². The molecule has 0 heterocycles. The summed E-state index contributed by atoms with van der Waals surface area (Å²) in [6.07, 6.45) is 3.37. The maximum atomic E-state index is 10.8. The number of hydrogen-bond donors (Lipinski definition) is 1. The zero-order valence-corrected chi connectivity index (χ0v) is 7.81. The molecule has 0 spiro atoms. The molecule has 0 saturated carbocycles. The van der Waals surface area contributed by atoms with Gasteiger partial charge in [-0.1, -0.05) is 13.3 Å². The normalized spacial score (nSPS) is 13.0. The molecule has 1 N–H and O–H groups in total. The Hall–Kier alpha value is -0.370. The van der Waals surface area contributed by atoms with Crippen LogP contribution in [0, 0.1) is 5.92 Å². The highest BCUT2D eigenvalue weighted by molar-refractivity contribution is 5.77. The van der Waals surface area contributed by atoms with Crippen LogP contribution in [0.1, 0.15) is 33.1 Å². The second-order valence-corrected chi connectivity index (χ2v) is 3.11. The molecule has 11 heavy (non-hydrogen) atoms. The van der Waals surface area contributed by atoms with E-state index in [4.69, 9.17) is 0 Å². The van der Waals surface area contributed by atoms with E-state index >= 15 is 0 Å². The van der Waals surface area contributed by atoms with Crippen LogP contribution in [0.15, 0.2) is 0 Å². The lowest BCUT2D eigenvalue weighted by Gasteiger charge is -2.05. The molecule has 66 valence electrons. The van der Waals surface area contributed by atoms with Crippen molar-refractivity contribution in [1.29, 1.82) is 0 Å². The van der Waals surface area contributed by atoms with E-state index in [1.165, 1.54) is 6.42 Å². The van der Waals surface area contributed by atoms with Gasteiger partial charge in [-0.25, -0.2) is 0 Å². The molecule has 0 amide bonds. The summed E-state index contributed by atoms with van der Waals surface area (Å²) in [5.41, 5.74) is 0. The second kappa shape index (κ2) is 6.35. The summed E-state index contributed by atoms with van der Waals surface area (Å²) >= 11 is 0. The summed E-state index contributed by atoms with van der Waals surface area (Å²) in [6.45, 7) is 4.73. The van der Waals surface area contributed by atoms with E-state index in [1.54, 1.807) is 6.92 Å². The molecule has 2 heteroatoms. The van der Waals surface area contributed by atoms with Gasteiger partial charge in [0, 0.05) is 5.92 Å². The van der Waals surface area contributed by atoms with Gasteiger partial charge in [-0.15, -0.1) is 0 Å². The zero-order chi connectivity index (χ0) is 8.69. The first-order chi connectivity index (χ1) is 5.18. The van der Waals surface area contributed by atoms with Crippen molar-refractivity contribution in [3.05, 3.63) is 0 Å². The van der Waals surface area contributed by atoms with Crippen molar-refractivity contribution in [3.8, 4) is 0 Å². The number of unbranched alkanes of at least 4 members (excludes halogenated alkanes) is 1. The third-order valence-electron chi connectivity index (χ3n) is 2.01. The van der Waals surface area contributed by atoms with Crippen molar-refractivity contribution in [1.82, 2.24) is 5.32 Å². The molecule has 0 radical (unpaired) electrons. The minimum atomic E-state index is 0.256. The van der Waals surface area contributed by atoms with E-state index in [1.807, 2.05) is 14.0 Å². The van der Waals surface area contributed by atoms with Crippen molar-refractivity contribution in [2.45, 2.75) is 33.1 Å². The first-order valence-corrected chi connectivity index (χ1v) is 4.33. The maximum absolute atomic E-state index is 10.8. The van der Waals surface area contributed by atoms with Gasteiger partial charge < -0.3 is 5.32 Å². The lowest BCUT2D eigenvalue weighted by atomic mass is 10.0. The molecule has 0 aliphatic rings. The summed E-state index contributed by atoms with van der Waals surface area (Å²) in [4.78, 5) is 10.8. The highest BCUT2D eigenvalue weighted by Crippen LogP contribution is 2.07. The number of ketones is 1. The highest BCUT2D eigenvalue weighted by atomic mass is 16.1. The summed E-state index contributed by atoms with van der Waals surface area (Å²) < 4.78 is 0. The smallest absolute Gasteiger partial charge is 0.132 e. The fourth-order valence-electron chi connectivity index (χ4n) is 0.956. The van der Waals surface area contributed by atoms with Crippen LogP contribution in [0.4, 0.5) is 0 Å². The summed E-state index contributed by atoms with van der Waals surface area (Å²) in [7, 11) is 1.95. The van der Waals surface area contributed by atoms with Crippen molar-refractivity contribution < 1.29 is 4.79 Å². The van der Waals surface area contributed by atoms with Gasteiger partial charge in [0.2, 0.25) is 0 Å². The number of rotatable bonds is 6. The van der Waals surface area contributed by atoms with Gasteiger partial charge >= 0.3 is 0 Å². The molecular formula is C9H19NO. The van der Waals surface area contributed by atoms with Crippen LogP contribution in [-0.2, 0) is 4.79 Å². The Morgan fingerprint density at radius 1 is 1.45 bits per heavy atom. The SMILES string of the molecule is CNCCCC[C@@H](C)C(C)=O. The van der Waals surface area contributed by atoms with Crippen molar-refractivity contribution in [2.24, 2.45) is 5.92 Å². The largest absolute Gasteiger partial charge is 0.320 e. The Morgan fingerprint density at radius 2 is 2.09 bits per heavy atom. The van der Waals surface area contributed by atoms with Crippen LogP contribution in [0.2, 0.25) is 0 Å². The Kier molecular flexibility index (Phi) is 6.13. The fourth-order valence-corrected chi connectivity index (χ4v) is 0.956. The Balaban J connectivity index is 3.17. The molecule has 0 unspecified atom stereocenters. The van der Waals surface area contributed by atoms with E-state index in [0.29, 0.717) is 5.78 Å². The lowest BCUT2D eigenvalue weighted by Crippen LogP contribution is -2.10. The molecule has 1 atom stereocenters. The standard InChI is InChI=1S/C9H19NO/c1-8(9(2)11)6-4-5-7-10-3/h8,10H,4-7H2,1-3H3/t8-/m1/s1. The number of carbonyl (C=O) groups is 1. The van der Waals surface area contributed by atoms with Crippen molar-refractivity contribution >= 4 is 5.78 Å². The minimum Gasteiger partial charge on any atom is -0.320 e. The Morgan fingerprint density at radius 3 is 2.55 bits per heavy atom. The Labute approximate surface area is 69.4 Å². The number of carbonyl (C=O) groups excluding carboxylic acids is 1. The predicted octanol–water partition coefficient (Wildman–Crippen LogP) is 1.60. The van der Waals surface area contributed by atoms with Gasteiger partial charge in [-0.2, -0.15) is 0 Å². The molecule has 0 aromatic heterocycles. The molecule has 0 bridgehead atoms. The third-order valence-corrected chi connectivity index (χ3v) is 2.01. The molecule has 0 aliphatic heterocycles. The second-order valence-electron chi connectivity index (χ2n) is 3.11. The third kappa shape index (κ3) is 6.05. The van der Waals surface area contributed by atoms with Crippen LogP contribution in [0.3, 0.4) is 0 Å². The molecule has 0 saturated heterocycles. The summed E-state index contributed by atoms with van der Waals surface area (Å²) in [5.74, 6) is 0.571. The van der Waals surface area contributed by atoms with Gasteiger partial charge in [0.25, 0.3) is 0 Å². The topological polar surface area (TPSA) is 29.1 Å². The molecular weight excluding hydrogens is 138 g/mol. The number of nitrogens with one attached hydrogen (secondary N) is 1. The first kappa shape index (κ1) is 10.6. The predicted molar refractivity (Wildman–Crippen MR) is 47.6 cm³/mol. The fraction of sp³-hybridized carbons (Fsp3) is 0.889. The van der Waals surface area contributed by atoms with Crippen LogP contribution in [0.5, 0.6) is 0 Å². The average Bonchev–Trinajstić information content (AvgIpc) is 1.97. The van der Waals surface area contributed by atoms with E-state index < -0.39 is 0 Å². The summed E-state index contributed by atoms with van der Waals surface area (Å²) in [6, 6.07) is 0. The molecule has 2 nitrogen and oxygen atoms in total. The van der Waals surface area contributed by atoms with Gasteiger partial charge in [0.05, 0.1) is 0 Å². The van der Waals surface area contributed by atoms with Crippen molar-refractivity contribution in [3.63, 3.8) is 0 Å². The molecule has 0 aliphatic carbocycles. The molecule has 0 aromatic carbocycles. The zero-order valence-electron chi connectivity index (χ0n) is 7.81. The van der Waals surface area contributed by atoms with Gasteiger partial charge in [-0.3, -0.25) is 4.79 Å².